The fraction of sp³-hybridized carbons (Fsp3) is 0.686. The van der Waals surface area contributed by atoms with Gasteiger partial charge in [-0.05, 0) is 44.9 Å². The monoisotopic (exact) mass is 856 g/mol. The summed E-state index contributed by atoms with van der Waals surface area (Å²) in [7, 11) is 0. The molecule has 25 heteroatoms. The largest absolute Gasteiger partial charge is 0.481 e. The summed E-state index contributed by atoms with van der Waals surface area (Å²) in [5.41, 5.74) is 16.3. The van der Waals surface area contributed by atoms with E-state index >= 15 is 0 Å². The standard InChI is InChI=1S/C35H56N10O15/c1-15(2)26(35(59)60)42-29(53)20(14-46)41-32(56)27(16(3)47)43-28(52)18(8-9-25(50)51)39-30(54)22-7-5-11-45(22)34(58)19(13-24(38)49)40-31(55)21-6-4-10-44(21)33(57)17(36)12-23(37)48/h15-22,26-27,46-47H,4-14,36H2,1-3H3,(H2,37,48)(H2,38,49)(H,39,54)(H,40,55)(H,41,56)(H,42,53)(H,43,52)(H,50,51)(H,59,60)/t16-,17+,18+,19+,20+,21+,22+,26+,27+/m1/s1. The summed E-state index contributed by atoms with van der Waals surface area (Å²) >= 11 is 0. The zero-order valence-corrected chi connectivity index (χ0v) is 33.5. The molecule has 0 aromatic rings. The van der Waals surface area contributed by atoms with Crippen LogP contribution in [0.15, 0.2) is 0 Å². The molecule has 2 saturated heterocycles. The first-order chi connectivity index (χ1) is 28.0. The highest BCUT2D eigenvalue weighted by atomic mass is 16.4. The van der Waals surface area contributed by atoms with Gasteiger partial charge in [0.2, 0.25) is 53.2 Å². The molecule has 2 aliphatic rings. The molecule has 0 radical (unpaired) electrons. The van der Waals surface area contributed by atoms with Crippen LogP contribution >= 0.6 is 0 Å². The predicted molar refractivity (Wildman–Crippen MR) is 203 cm³/mol. The number of carbonyl (C=O) groups excluding carboxylic acids is 9. The summed E-state index contributed by atoms with van der Waals surface area (Å²) in [5.74, 6) is -12.2. The number of aliphatic hydroxyl groups excluding tert-OH is 2. The van der Waals surface area contributed by atoms with Gasteiger partial charge in [-0.2, -0.15) is 0 Å². The van der Waals surface area contributed by atoms with E-state index in [-0.39, 0.29) is 32.4 Å². The number of rotatable bonds is 23. The zero-order valence-electron chi connectivity index (χ0n) is 33.5. The third-order valence-electron chi connectivity index (χ3n) is 9.82. The van der Waals surface area contributed by atoms with Crippen LogP contribution in [0, 0.1) is 5.92 Å². The smallest absolute Gasteiger partial charge is 0.326 e. The van der Waals surface area contributed by atoms with Crippen LogP contribution in [0.25, 0.3) is 0 Å². The van der Waals surface area contributed by atoms with Crippen molar-refractivity contribution in [3.05, 3.63) is 0 Å². The third kappa shape index (κ3) is 14.4. The summed E-state index contributed by atoms with van der Waals surface area (Å²) in [6, 6.07) is -12.1. The first-order valence-electron chi connectivity index (χ1n) is 19.2. The van der Waals surface area contributed by atoms with E-state index in [1.807, 2.05) is 0 Å². The molecule has 0 unspecified atom stereocenters. The van der Waals surface area contributed by atoms with Crippen molar-refractivity contribution in [2.45, 2.75) is 127 Å². The van der Waals surface area contributed by atoms with Crippen LogP contribution in [-0.2, 0) is 52.7 Å². The van der Waals surface area contributed by atoms with Gasteiger partial charge < -0.3 is 74.0 Å². The molecule has 60 heavy (non-hydrogen) atoms. The highest BCUT2D eigenvalue weighted by Crippen LogP contribution is 2.22. The van der Waals surface area contributed by atoms with E-state index in [4.69, 9.17) is 17.2 Å². The Balaban J connectivity index is 2.26. The number of hydrogen-bond donors (Lipinski definition) is 12. The van der Waals surface area contributed by atoms with Crippen LogP contribution in [0.2, 0.25) is 0 Å². The highest BCUT2D eigenvalue weighted by Gasteiger charge is 2.43. The average molecular weight is 857 g/mol. The Labute approximate surface area is 343 Å². The van der Waals surface area contributed by atoms with Crippen LogP contribution in [0.3, 0.4) is 0 Å². The Hall–Kier alpha value is -5.95. The molecule has 2 fully saturated rings. The van der Waals surface area contributed by atoms with Gasteiger partial charge in [-0.15, -0.1) is 0 Å². The second kappa shape index (κ2) is 23.0. The number of likely N-dealkylation sites (tertiary alicyclic amines) is 2. The van der Waals surface area contributed by atoms with Crippen LogP contribution in [-0.4, -0.2) is 169 Å². The Morgan fingerprint density at radius 1 is 0.650 bits per heavy atom. The SMILES string of the molecule is CC(C)[C@H](NC(=O)[C@H](CO)NC(=O)[C@@H](NC(=O)[C@H](CCC(=O)O)NC(=O)[C@@H]1CCCN1C(=O)[C@H](CC(N)=O)NC(=O)[C@@H]1CCCN1C(=O)[C@@H](N)CC(N)=O)[C@@H](C)O)C(=O)O. The van der Waals surface area contributed by atoms with E-state index in [0.29, 0.717) is 6.42 Å². The molecule has 9 atom stereocenters. The number of carbonyl (C=O) groups is 11. The highest BCUT2D eigenvalue weighted by molar-refractivity contribution is 5.99. The summed E-state index contributed by atoms with van der Waals surface area (Å²) in [4.78, 5) is 142. The van der Waals surface area contributed by atoms with Crippen molar-refractivity contribution >= 4 is 65.1 Å². The molecule has 2 rings (SSSR count). The average Bonchev–Trinajstić information content (AvgIpc) is 3.85. The minimum absolute atomic E-state index is 0.00754. The van der Waals surface area contributed by atoms with E-state index in [2.05, 4.69) is 26.6 Å². The van der Waals surface area contributed by atoms with Crippen LogP contribution in [0.4, 0.5) is 0 Å². The predicted octanol–water partition coefficient (Wildman–Crippen LogP) is -6.55. The number of primary amides is 2. The molecule has 2 heterocycles. The number of nitrogens with two attached hydrogens (primary N) is 3. The van der Waals surface area contributed by atoms with E-state index in [1.165, 1.54) is 13.8 Å². The van der Waals surface area contributed by atoms with Crippen molar-refractivity contribution in [1.82, 2.24) is 36.4 Å². The molecule has 25 nitrogen and oxygen atoms in total. The van der Waals surface area contributed by atoms with Crippen molar-refractivity contribution < 1.29 is 73.2 Å². The van der Waals surface area contributed by atoms with E-state index in [1.54, 1.807) is 0 Å². The van der Waals surface area contributed by atoms with Crippen LogP contribution < -0.4 is 43.8 Å². The van der Waals surface area contributed by atoms with Crippen molar-refractivity contribution in [3.63, 3.8) is 0 Å². The Morgan fingerprint density at radius 3 is 1.58 bits per heavy atom. The van der Waals surface area contributed by atoms with Crippen molar-refractivity contribution in [2.75, 3.05) is 19.7 Å². The van der Waals surface area contributed by atoms with Crippen LogP contribution in [0.5, 0.6) is 0 Å². The maximum absolute atomic E-state index is 13.9. The van der Waals surface area contributed by atoms with Gasteiger partial charge in [0.1, 0.15) is 42.3 Å². The fourth-order valence-electron chi connectivity index (χ4n) is 6.68. The van der Waals surface area contributed by atoms with E-state index in [0.717, 1.165) is 16.7 Å². The quantitative estimate of drug-likeness (QED) is 0.0455. The molecule has 0 aromatic heterocycles. The minimum Gasteiger partial charge on any atom is -0.481 e. The van der Waals surface area contributed by atoms with Gasteiger partial charge in [0.15, 0.2) is 0 Å². The number of carboxylic acids is 2. The fourth-order valence-corrected chi connectivity index (χ4v) is 6.68. The van der Waals surface area contributed by atoms with Crippen molar-refractivity contribution in [1.29, 1.82) is 0 Å². The lowest BCUT2D eigenvalue weighted by Crippen LogP contribution is -2.62. The molecular formula is C35H56N10O15. The maximum atomic E-state index is 13.9. The summed E-state index contributed by atoms with van der Waals surface area (Å²) in [5, 5.41) is 50.1. The number of aliphatic carboxylic acids is 2. The molecular weight excluding hydrogens is 800 g/mol. The van der Waals surface area contributed by atoms with Gasteiger partial charge in [-0.3, -0.25) is 47.9 Å². The lowest BCUT2D eigenvalue weighted by Gasteiger charge is -2.31. The normalized spacial score (nSPS) is 19.7. The lowest BCUT2D eigenvalue weighted by atomic mass is 10.0. The minimum atomic E-state index is -1.86. The number of hydrogen-bond acceptors (Lipinski definition) is 14. The molecule has 0 spiro atoms. The summed E-state index contributed by atoms with van der Waals surface area (Å²) in [6.07, 6.45) is -3.40. The van der Waals surface area contributed by atoms with Crippen molar-refractivity contribution in [2.24, 2.45) is 23.1 Å². The molecule has 0 bridgehead atoms. The Morgan fingerprint density at radius 2 is 1.13 bits per heavy atom. The van der Waals surface area contributed by atoms with Gasteiger partial charge in [0.25, 0.3) is 0 Å². The third-order valence-corrected chi connectivity index (χ3v) is 9.82. The number of aliphatic hydroxyl groups is 2. The van der Waals surface area contributed by atoms with E-state index < -0.39 is 158 Å². The van der Waals surface area contributed by atoms with Gasteiger partial charge in [0, 0.05) is 19.5 Å². The molecule has 15 N–H and O–H groups in total. The molecule has 0 saturated carbocycles. The zero-order chi connectivity index (χ0) is 45.6. The molecule has 9 amide bonds. The topological polar surface area (TPSA) is 413 Å². The van der Waals surface area contributed by atoms with Gasteiger partial charge in [-0.25, -0.2) is 4.79 Å². The Bertz CT molecular complexity index is 1660. The van der Waals surface area contributed by atoms with Gasteiger partial charge in [-0.1, -0.05) is 13.8 Å². The molecule has 2 aliphatic heterocycles. The second-order valence-corrected chi connectivity index (χ2v) is 14.9. The summed E-state index contributed by atoms with van der Waals surface area (Å²) < 4.78 is 0. The Kier molecular flexibility index (Phi) is 19.2. The summed E-state index contributed by atoms with van der Waals surface area (Å²) in [6.45, 7) is 3.08. The van der Waals surface area contributed by atoms with Gasteiger partial charge >= 0.3 is 11.9 Å². The van der Waals surface area contributed by atoms with Crippen LogP contribution in [0.1, 0.15) is 72.1 Å². The van der Waals surface area contributed by atoms with Gasteiger partial charge in [0.05, 0.1) is 31.6 Å². The number of nitrogens with zero attached hydrogens (tertiary/aromatic N) is 2. The molecule has 0 aliphatic carbocycles. The van der Waals surface area contributed by atoms with Crippen molar-refractivity contribution in [3.8, 4) is 0 Å². The van der Waals surface area contributed by atoms with E-state index in [9.17, 15) is 73.2 Å². The first-order valence-corrected chi connectivity index (χ1v) is 19.2. The lowest BCUT2D eigenvalue weighted by molar-refractivity contribution is -0.145. The number of amides is 9. The molecule has 0 aromatic carbocycles. The first kappa shape index (κ1) is 50.2. The number of carboxylic acid groups (broad SMARTS) is 2. The molecule has 336 valence electrons. The number of nitrogens with one attached hydrogen (secondary N) is 5. The maximum Gasteiger partial charge on any atom is 0.326 e. The second-order valence-electron chi connectivity index (χ2n) is 14.9.